The highest BCUT2D eigenvalue weighted by atomic mass is 16.3. The lowest BCUT2D eigenvalue weighted by Crippen LogP contribution is -2.17. The van der Waals surface area contributed by atoms with Gasteiger partial charge < -0.3 is 4.42 Å². The van der Waals surface area contributed by atoms with Crippen LogP contribution in [0.5, 0.6) is 0 Å². The van der Waals surface area contributed by atoms with Crippen LogP contribution in [-0.4, -0.2) is 0 Å². The molecule has 0 unspecified atom stereocenters. The molecule has 3 aliphatic rings. The van der Waals surface area contributed by atoms with Gasteiger partial charge in [0.1, 0.15) is 11.2 Å². The second-order valence-electron chi connectivity index (χ2n) is 26.5. The van der Waals surface area contributed by atoms with Gasteiger partial charge in [0.15, 0.2) is 0 Å². The van der Waals surface area contributed by atoms with Gasteiger partial charge in [-0.3, -0.25) is 0 Å². The zero-order valence-corrected chi connectivity index (χ0v) is 46.9. The van der Waals surface area contributed by atoms with Crippen LogP contribution in [0.4, 0.5) is 0 Å². The molecule has 1 aromatic heterocycles. The molecule has 14 rings (SSSR count). The molecule has 1 heterocycles. The lowest BCUT2D eigenvalue weighted by atomic mass is 9.78. The van der Waals surface area contributed by atoms with Crippen LogP contribution in [0.2, 0.25) is 0 Å². The molecule has 1 heteroatoms. The number of benzene rings is 10. The van der Waals surface area contributed by atoms with E-state index in [-0.39, 0.29) is 27.1 Å². The van der Waals surface area contributed by atoms with E-state index in [0.29, 0.717) is 0 Å². The van der Waals surface area contributed by atoms with Gasteiger partial charge in [-0.15, -0.1) is 0 Å². The fourth-order valence-electron chi connectivity index (χ4n) is 14.7. The molecule has 1 nitrogen and oxygen atoms in total. The van der Waals surface area contributed by atoms with Crippen molar-refractivity contribution in [1.82, 2.24) is 0 Å². The predicted molar refractivity (Wildman–Crippen MR) is 325 cm³/mol. The third-order valence-electron chi connectivity index (χ3n) is 18.9. The highest BCUT2D eigenvalue weighted by Gasteiger charge is 2.46. The van der Waals surface area contributed by atoms with Crippen LogP contribution in [0.3, 0.4) is 0 Å². The first-order valence-electron chi connectivity index (χ1n) is 27.7. The van der Waals surface area contributed by atoms with E-state index >= 15 is 0 Å². The fourth-order valence-corrected chi connectivity index (χ4v) is 14.7. The first-order chi connectivity index (χ1) is 36.0. The molecule has 76 heavy (non-hydrogen) atoms. The Balaban J connectivity index is 0.900. The minimum atomic E-state index is -0.231. The first kappa shape index (κ1) is 47.0. The molecule has 0 N–H and O–H groups in total. The molecule has 11 aromatic rings. The molecule has 0 atom stereocenters. The van der Waals surface area contributed by atoms with Crippen LogP contribution in [0.25, 0.3) is 110 Å². The Morgan fingerprint density at radius 1 is 0.329 bits per heavy atom. The topological polar surface area (TPSA) is 13.1 Å². The zero-order chi connectivity index (χ0) is 52.9. The quantitative estimate of drug-likeness (QED) is 0.172. The summed E-state index contributed by atoms with van der Waals surface area (Å²) in [6, 6.07) is 61.3. The zero-order valence-electron chi connectivity index (χ0n) is 46.9. The van der Waals surface area contributed by atoms with E-state index < -0.39 is 0 Å². The van der Waals surface area contributed by atoms with E-state index in [0.717, 1.165) is 11.2 Å². The summed E-state index contributed by atoms with van der Waals surface area (Å²) in [5.74, 6) is 0. The summed E-state index contributed by atoms with van der Waals surface area (Å²) in [4.78, 5) is 0. The van der Waals surface area contributed by atoms with Gasteiger partial charge in [-0.2, -0.15) is 0 Å². The van der Waals surface area contributed by atoms with Crippen molar-refractivity contribution in [2.45, 2.75) is 124 Å². The maximum atomic E-state index is 6.64. The average Bonchev–Trinajstić information content (AvgIpc) is 4.14. The number of hydrogen-bond donors (Lipinski definition) is 0. The molecular formula is C75H68O. The largest absolute Gasteiger partial charge is 0.456 e. The van der Waals surface area contributed by atoms with E-state index in [4.69, 9.17) is 4.42 Å². The van der Waals surface area contributed by atoms with E-state index in [9.17, 15) is 0 Å². The summed E-state index contributed by atoms with van der Waals surface area (Å²) in [5.41, 5.74) is 31.1. The first-order valence-corrected chi connectivity index (χ1v) is 27.7. The van der Waals surface area contributed by atoms with E-state index in [2.05, 4.69) is 255 Å². The Morgan fingerprint density at radius 2 is 0.763 bits per heavy atom. The summed E-state index contributed by atoms with van der Waals surface area (Å²) >= 11 is 0. The second-order valence-corrected chi connectivity index (χ2v) is 26.5. The summed E-state index contributed by atoms with van der Waals surface area (Å²) in [6.45, 7) is 33.1. The fraction of sp³-hybridized carbons (Fsp3) is 0.253. The number of furan rings is 1. The molecule has 10 aromatic carbocycles. The molecular weight excluding hydrogens is 917 g/mol. The SMILES string of the molecule is Cc1ccc(-c2cc3c(c4ccccc24)-c2cc4c(cc2C3(C)C)-c2cc3c(cc2C4(C)C)-c2c(cc(-c4ccc5oc6c(C(C)(C)C)cccc6c5c4)c4ccccc24)C3(C)C)cc1-c1cccc(C(C)(C)C)c1C. The van der Waals surface area contributed by atoms with Gasteiger partial charge in [-0.25, -0.2) is 0 Å². The smallest absolute Gasteiger partial charge is 0.139 e. The molecule has 3 aliphatic carbocycles. The molecule has 0 amide bonds. The third-order valence-corrected chi connectivity index (χ3v) is 18.9. The van der Waals surface area contributed by atoms with Crippen molar-refractivity contribution in [3.05, 3.63) is 213 Å². The third kappa shape index (κ3) is 6.32. The van der Waals surface area contributed by atoms with Crippen LogP contribution in [0.15, 0.2) is 162 Å². The van der Waals surface area contributed by atoms with Crippen molar-refractivity contribution in [2.24, 2.45) is 0 Å². The normalized spacial score (nSPS) is 15.6. The van der Waals surface area contributed by atoms with E-state index in [1.807, 2.05) is 0 Å². The summed E-state index contributed by atoms with van der Waals surface area (Å²) in [7, 11) is 0. The van der Waals surface area contributed by atoms with Crippen LogP contribution >= 0.6 is 0 Å². The summed E-state index contributed by atoms with van der Waals surface area (Å²) in [5, 5.41) is 7.59. The number of para-hydroxylation sites is 1. The van der Waals surface area contributed by atoms with Crippen molar-refractivity contribution >= 4 is 43.5 Å². The Kier molecular flexibility index (Phi) is 9.49. The van der Waals surface area contributed by atoms with E-state index in [1.54, 1.807) is 0 Å². The summed E-state index contributed by atoms with van der Waals surface area (Å²) in [6.07, 6.45) is 0. The van der Waals surface area contributed by atoms with Crippen molar-refractivity contribution in [2.75, 3.05) is 0 Å². The van der Waals surface area contributed by atoms with Crippen molar-refractivity contribution < 1.29 is 4.42 Å². The molecule has 0 saturated heterocycles. The van der Waals surface area contributed by atoms with Gasteiger partial charge in [-0.1, -0.05) is 186 Å². The number of rotatable bonds is 3. The standard InChI is InChI=1S/C75H68O/c1-41-29-30-43(33-51(41)45-25-19-27-59(42(45)2)71(3,4)5)52-35-65-68(48-23-17-15-21-46(48)52)57-39-61-54(37-63(57)74(65,11)12)55-38-64-58(40-62(55)73(61,9)10)69-49-24-18-16-22-47(49)53(36-66(69)75(64,13)14)44-31-32-67-56(34-44)50-26-20-28-60(70(50)76-67)72(6,7)8/h15-40H,1-14H3. The molecule has 0 fully saturated rings. The van der Waals surface area contributed by atoms with Gasteiger partial charge in [-0.05, 0) is 218 Å². The van der Waals surface area contributed by atoms with Crippen LogP contribution in [-0.2, 0) is 27.1 Å². The lowest BCUT2D eigenvalue weighted by Gasteiger charge is -2.25. The maximum Gasteiger partial charge on any atom is 0.139 e. The van der Waals surface area contributed by atoms with Crippen LogP contribution in [0, 0.1) is 13.8 Å². The molecule has 0 bridgehead atoms. The minimum absolute atomic E-state index is 0.0270. The maximum absolute atomic E-state index is 6.64. The molecule has 0 radical (unpaired) electrons. The highest BCUT2D eigenvalue weighted by molar-refractivity contribution is 6.13. The Hall–Kier alpha value is -7.48. The molecule has 0 aliphatic heterocycles. The Bertz CT molecular complexity index is 4390. The van der Waals surface area contributed by atoms with Gasteiger partial charge >= 0.3 is 0 Å². The second kappa shape index (κ2) is 15.3. The monoisotopic (exact) mass is 985 g/mol. The van der Waals surface area contributed by atoms with Crippen LogP contribution in [0.1, 0.15) is 139 Å². The number of hydrogen-bond acceptors (Lipinski definition) is 1. The molecule has 374 valence electrons. The van der Waals surface area contributed by atoms with Gasteiger partial charge in [0, 0.05) is 32.6 Å². The van der Waals surface area contributed by atoms with E-state index in [1.165, 1.54) is 155 Å². The van der Waals surface area contributed by atoms with Crippen molar-refractivity contribution in [1.29, 1.82) is 0 Å². The van der Waals surface area contributed by atoms with Gasteiger partial charge in [0.25, 0.3) is 0 Å². The highest BCUT2D eigenvalue weighted by Crippen LogP contribution is 2.62. The van der Waals surface area contributed by atoms with Crippen molar-refractivity contribution in [3.8, 4) is 66.8 Å². The predicted octanol–water partition coefficient (Wildman–Crippen LogP) is 21.0. The Morgan fingerprint density at radius 3 is 1.32 bits per heavy atom. The van der Waals surface area contributed by atoms with Gasteiger partial charge in [0.05, 0.1) is 0 Å². The summed E-state index contributed by atoms with van der Waals surface area (Å²) < 4.78 is 6.64. The number of aryl methyl sites for hydroxylation is 1. The molecule has 0 saturated carbocycles. The van der Waals surface area contributed by atoms with Crippen LogP contribution < -0.4 is 0 Å². The van der Waals surface area contributed by atoms with Crippen molar-refractivity contribution in [3.63, 3.8) is 0 Å². The number of fused-ring (bicyclic) bond motifs is 16. The Labute approximate surface area is 449 Å². The van der Waals surface area contributed by atoms with Gasteiger partial charge in [0.2, 0.25) is 0 Å². The minimum Gasteiger partial charge on any atom is -0.456 e. The molecule has 0 spiro atoms. The lowest BCUT2D eigenvalue weighted by molar-refractivity contribution is 0.573. The average molecular weight is 985 g/mol.